The Hall–Kier alpha value is -1.47. The molecule has 1 aromatic heterocycles. The van der Waals surface area contributed by atoms with E-state index in [4.69, 9.17) is 4.74 Å². The predicted octanol–water partition coefficient (Wildman–Crippen LogP) is 1.77. The summed E-state index contributed by atoms with van der Waals surface area (Å²) in [6.45, 7) is 7.93. The van der Waals surface area contributed by atoms with Crippen molar-refractivity contribution < 1.29 is 14.3 Å². The molecule has 1 aromatic rings. The number of rotatable bonds is 6. The lowest BCUT2D eigenvalue weighted by atomic mass is 10.1. The first-order valence-electron chi connectivity index (χ1n) is 7.79. The molecule has 1 unspecified atom stereocenters. The maximum atomic E-state index is 12.9. The van der Waals surface area contributed by atoms with Crippen molar-refractivity contribution in [3.05, 3.63) is 16.6 Å². The molecule has 2 amide bonds. The van der Waals surface area contributed by atoms with Crippen LogP contribution < -0.4 is 0 Å². The van der Waals surface area contributed by atoms with Crippen molar-refractivity contribution in [2.75, 3.05) is 26.8 Å². The van der Waals surface area contributed by atoms with E-state index in [2.05, 4.69) is 4.98 Å². The largest absolute Gasteiger partial charge is 0.383 e. The fraction of sp³-hybridized carbons (Fsp3) is 0.688. The van der Waals surface area contributed by atoms with Crippen LogP contribution in [0.1, 0.15) is 32.2 Å². The lowest BCUT2D eigenvalue weighted by Gasteiger charge is -2.32. The lowest BCUT2D eigenvalue weighted by Crippen LogP contribution is -2.44. The number of hydrogen-bond acceptors (Lipinski definition) is 5. The molecular weight excluding hydrogens is 314 g/mol. The van der Waals surface area contributed by atoms with Crippen LogP contribution in [0.25, 0.3) is 0 Å². The Labute approximate surface area is 141 Å². The number of amides is 2. The zero-order chi connectivity index (χ0) is 17.0. The first kappa shape index (κ1) is 17.9. The van der Waals surface area contributed by atoms with Crippen molar-refractivity contribution in [3.8, 4) is 0 Å². The Kier molecular flexibility index (Phi) is 5.75. The number of carbonyl (C=O) groups is 2. The molecule has 1 fully saturated rings. The second-order valence-electron chi connectivity index (χ2n) is 6.75. The van der Waals surface area contributed by atoms with E-state index in [0.29, 0.717) is 26.2 Å². The molecule has 7 heteroatoms. The van der Waals surface area contributed by atoms with Crippen LogP contribution >= 0.6 is 11.3 Å². The van der Waals surface area contributed by atoms with Gasteiger partial charge in [0.1, 0.15) is 5.01 Å². The summed E-state index contributed by atoms with van der Waals surface area (Å²) in [6.07, 6.45) is 2.02. The third-order valence-electron chi connectivity index (χ3n) is 3.97. The van der Waals surface area contributed by atoms with Crippen LogP contribution in [-0.4, -0.2) is 58.9 Å². The molecule has 128 valence electrons. The molecule has 0 bridgehead atoms. The number of methoxy groups -OCH3 is 1. The minimum absolute atomic E-state index is 0.0114. The first-order chi connectivity index (χ1) is 10.8. The van der Waals surface area contributed by atoms with E-state index in [1.807, 2.05) is 26.2 Å². The highest BCUT2D eigenvalue weighted by Gasteiger charge is 2.40. The average molecular weight is 339 g/mol. The monoisotopic (exact) mass is 339 g/mol. The van der Waals surface area contributed by atoms with E-state index in [9.17, 15) is 9.59 Å². The van der Waals surface area contributed by atoms with E-state index < -0.39 is 0 Å². The van der Waals surface area contributed by atoms with Gasteiger partial charge in [-0.2, -0.15) is 0 Å². The van der Waals surface area contributed by atoms with Gasteiger partial charge in [-0.3, -0.25) is 9.59 Å². The van der Waals surface area contributed by atoms with Gasteiger partial charge in [0.15, 0.2) is 0 Å². The maximum Gasteiger partial charge on any atom is 0.228 e. The summed E-state index contributed by atoms with van der Waals surface area (Å²) >= 11 is 1.53. The topological polar surface area (TPSA) is 62.7 Å². The molecule has 6 nitrogen and oxygen atoms in total. The van der Waals surface area contributed by atoms with Gasteiger partial charge in [0.05, 0.1) is 19.1 Å². The van der Waals surface area contributed by atoms with Crippen LogP contribution in [0.3, 0.4) is 0 Å². The van der Waals surface area contributed by atoms with Crippen molar-refractivity contribution in [1.82, 2.24) is 14.8 Å². The predicted molar refractivity (Wildman–Crippen MR) is 89.0 cm³/mol. The molecule has 0 N–H and O–H groups in total. The van der Waals surface area contributed by atoms with E-state index in [-0.39, 0.29) is 29.7 Å². The van der Waals surface area contributed by atoms with Crippen molar-refractivity contribution in [2.45, 2.75) is 39.3 Å². The van der Waals surface area contributed by atoms with Gasteiger partial charge in [0.25, 0.3) is 0 Å². The summed E-state index contributed by atoms with van der Waals surface area (Å²) in [5.74, 6) is -0.215. The summed E-state index contributed by atoms with van der Waals surface area (Å²) in [7, 11) is 1.62. The Balaban J connectivity index is 2.06. The molecule has 23 heavy (non-hydrogen) atoms. The normalized spacial score (nSPS) is 18.5. The van der Waals surface area contributed by atoms with Gasteiger partial charge in [-0.05, 0) is 20.8 Å². The number of thiazole rings is 1. The Morgan fingerprint density at radius 1 is 1.52 bits per heavy atom. The Morgan fingerprint density at radius 2 is 2.26 bits per heavy atom. The minimum atomic E-state index is -0.279. The highest BCUT2D eigenvalue weighted by Crippen LogP contribution is 2.27. The third kappa shape index (κ3) is 4.51. The molecule has 2 rings (SSSR count). The SMILES string of the molecule is COCCN(Cc1nccs1)C(=O)C1CC(=O)N(C(C)(C)C)C1. The molecule has 1 saturated heterocycles. The minimum Gasteiger partial charge on any atom is -0.383 e. The zero-order valence-corrected chi connectivity index (χ0v) is 15.1. The Morgan fingerprint density at radius 3 is 2.78 bits per heavy atom. The number of carbonyl (C=O) groups excluding carboxylic acids is 2. The third-order valence-corrected chi connectivity index (χ3v) is 4.73. The fourth-order valence-electron chi connectivity index (χ4n) is 2.74. The quantitative estimate of drug-likeness (QED) is 0.792. The second-order valence-corrected chi connectivity index (χ2v) is 7.73. The molecule has 0 spiro atoms. The van der Waals surface area contributed by atoms with Crippen molar-refractivity contribution in [1.29, 1.82) is 0 Å². The number of aromatic nitrogens is 1. The molecule has 0 aliphatic carbocycles. The van der Waals surface area contributed by atoms with Gasteiger partial charge in [-0.15, -0.1) is 11.3 Å². The molecule has 1 aliphatic rings. The van der Waals surface area contributed by atoms with Crippen LogP contribution in [0.5, 0.6) is 0 Å². The second kappa shape index (κ2) is 7.40. The van der Waals surface area contributed by atoms with Gasteiger partial charge >= 0.3 is 0 Å². The average Bonchev–Trinajstić information content (AvgIpc) is 3.11. The Bertz CT molecular complexity index is 539. The van der Waals surface area contributed by atoms with Crippen LogP contribution in [0.15, 0.2) is 11.6 Å². The summed E-state index contributed by atoms with van der Waals surface area (Å²) in [5.41, 5.74) is -0.251. The summed E-state index contributed by atoms with van der Waals surface area (Å²) in [6, 6.07) is 0. The van der Waals surface area contributed by atoms with Crippen LogP contribution in [0.2, 0.25) is 0 Å². The van der Waals surface area contributed by atoms with Crippen molar-refractivity contribution in [3.63, 3.8) is 0 Å². The number of nitrogens with zero attached hydrogens (tertiary/aromatic N) is 3. The maximum absolute atomic E-state index is 12.9. The molecule has 2 heterocycles. The molecule has 0 aromatic carbocycles. The van der Waals surface area contributed by atoms with Gasteiger partial charge < -0.3 is 14.5 Å². The first-order valence-corrected chi connectivity index (χ1v) is 8.67. The molecule has 1 atom stereocenters. The van der Waals surface area contributed by atoms with E-state index >= 15 is 0 Å². The van der Waals surface area contributed by atoms with Crippen molar-refractivity contribution in [2.24, 2.45) is 5.92 Å². The number of likely N-dealkylation sites (tertiary alicyclic amines) is 1. The van der Waals surface area contributed by atoms with E-state index in [0.717, 1.165) is 5.01 Å². The highest BCUT2D eigenvalue weighted by atomic mass is 32.1. The van der Waals surface area contributed by atoms with Crippen molar-refractivity contribution >= 4 is 23.2 Å². The molecular formula is C16H25N3O3S. The highest BCUT2D eigenvalue weighted by molar-refractivity contribution is 7.09. The number of ether oxygens (including phenoxy) is 1. The molecule has 0 radical (unpaired) electrons. The fourth-order valence-corrected chi connectivity index (χ4v) is 3.37. The van der Waals surface area contributed by atoms with E-state index in [1.165, 1.54) is 11.3 Å². The van der Waals surface area contributed by atoms with Gasteiger partial charge in [0.2, 0.25) is 11.8 Å². The summed E-state index contributed by atoms with van der Waals surface area (Å²) < 4.78 is 5.11. The standard InChI is InChI=1S/C16H25N3O3S/c1-16(2,3)19-10-12(9-14(19)20)15(21)18(6-7-22-4)11-13-17-5-8-23-13/h5,8,12H,6-7,9-11H2,1-4H3. The van der Waals surface area contributed by atoms with Crippen LogP contribution in [0, 0.1) is 5.92 Å². The van der Waals surface area contributed by atoms with Crippen LogP contribution in [0.4, 0.5) is 0 Å². The molecule has 0 saturated carbocycles. The van der Waals surface area contributed by atoms with Gasteiger partial charge in [-0.1, -0.05) is 0 Å². The summed E-state index contributed by atoms with van der Waals surface area (Å²) in [5, 5.41) is 2.79. The molecule has 1 aliphatic heterocycles. The lowest BCUT2D eigenvalue weighted by molar-refractivity contribution is -0.137. The van der Waals surface area contributed by atoms with Crippen LogP contribution in [-0.2, 0) is 20.9 Å². The van der Waals surface area contributed by atoms with E-state index in [1.54, 1.807) is 23.1 Å². The number of hydrogen-bond donors (Lipinski definition) is 0. The van der Waals surface area contributed by atoms with Gasteiger partial charge in [0, 0.05) is 43.7 Å². The summed E-state index contributed by atoms with van der Waals surface area (Å²) in [4.78, 5) is 32.9. The van der Waals surface area contributed by atoms with Gasteiger partial charge in [-0.25, -0.2) is 4.98 Å². The smallest absolute Gasteiger partial charge is 0.228 e. The zero-order valence-electron chi connectivity index (χ0n) is 14.2.